The van der Waals surface area contributed by atoms with Gasteiger partial charge in [-0.05, 0) is 65.1 Å². The molecule has 2 aromatic rings. The fourth-order valence-corrected chi connectivity index (χ4v) is 2.01. The SMILES string of the molecule is O=C(c1ccc(I)cc1)c1ccc(F)c(C(F)(F)F)c1. The molecule has 0 aromatic heterocycles. The van der Waals surface area contributed by atoms with Gasteiger partial charge >= 0.3 is 6.18 Å². The quantitative estimate of drug-likeness (QED) is 0.411. The summed E-state index contributed by atoms with van der Waals surface area (Å²) in [4.78, 5) is 12.1. The summed E-state index contributed by atoms with van der Waals surface area (Å²) in [6, 6.07) is 8.61. The van der Waals surface area contributed by atoms with Gasteiger partial charge in [-0.25, -0.2) is 4.39 Å². The van der Waals surface area contributed by atoms with E-state index in [1.54, 1.807) is 12.1 Å². The second-order valence-electron chi connectivity index (χ2n) is 4.03. The minimum Gasteiger partial charge on any atom is -0.289 e. The minimum atomic E-state index is -4.83. The van der Waals surface area contributed by atoms with Crippen LogP contribution in [0, 0.1) is 9.39 Å². The molecule has 0 radical (unpaired) electrons. The fourth-order valence-electron chi connectivity index (χ4n) is 1.65. The Morgan fingerprint density at radius 3 is 2.05 bits per heavy atom. The van der Waals surface area contributed by atoms with Crippen molar-refractivity contribution in [3.8, 4) is 0 Å². The third-order valence-electron chi connectivity index (χ3n) is 2.64. The molecule has 104 valence electrons. The van der Waals surface area contributed by atoms with E-state index in [2.05, 4.69) is 0 Å². The number of rotatable bonds is 2. The molecule has 0 fully saturated rings. The monoisotopic (exact) mass is 394 g/mol. The highest BCUT2D eigenvalue weighted by molar-refractivity contribution is 14.1. The lowest BCUT2D eigenvalue weighted by molar-refractivity contribution is -0.140. The maximum atomic E-state index is 13.2. The van der Waals surface area contributed by atoms with Gasteiger partial charge in [-0.3, -0.25) is 4.79 Å². The molecule has 0 bridgehead atoms. The van der Waals surface area contributed by atoms with E-state index in [9.17, 15) is 22.4 Å². The van der Waals surface area contributed by atoms with Gasteiger partial charge < -0.3 is 0 Å². The van der Waals surface area contributed by atoms with Gasteiger partial charge in [0.05, 0.1) is 5.56 Å². The van der Waals surface area contributed by atoms with Gasteiger partial charge in [0.15, 0.2) is 5.78 Å². The average Bonchev–Trinajstić information content (AvgIpc) is 2.38. The van der Waals surface area contributed by atoms with Crippen molar-refractivity contribution < 1.29 is 22.4 Å². The maximum absolute atomic E-state index is 13.2. The van der Waals surface area contributed by atoms with Gasteiger partial charge in [-0.1, -0.05) is 0 Å². The van der Waals surface area contributed by atoms with E-state index in [-0.39, 0.29) is 11.1 Å². The van der Waals surface area contributed by atoms with Crippen molar-refractivity contribution in [2.45, 2.75) is 6.18 Å². The Balaban J connectivity index is 2.43. The maximum Gasteiger partial charge on any atom is 0.419 e. The van der Waals surface area contributed by atoms with Crippen LogP contribution in [0.3, 0.4) is 0 Å². The third-order valence-corrected chi connectivity index (χ3v) is 3.36. The third kappa shape index (κ3) is 3.17. The smallest absolute Gasteiger partial charge is 0.289 e. The summed E-state index contributed by atoms with van der Waals surface area (Å²) in [5.41, 5.74) is -1.38. The number of halogens is 5. The first kappa shape index (κ1) is 15.0. The predicted octanol–water partition coefficient (Wildman–Crippen LogP) is 4.68. The molecule has 0 aliphatic heterocycles. The Kier molecular flexibility index (Phi) is 4.12. The summed E-state index contributed by atoms with van der Waals surface area (Å²) in [5.74, 6) is -1.97. The molecule has 0 heterocycles. The van der Waals surface area contributed by atoms with Crippen molar-refractivity contribution in [1.29, 1.82) is 0 Å². The molecule has 0 spiro atoms. The molecular formula is C14H7F4IO. The van der Waals surface area contributed by atoms with Crippen molar-refractivity contribution >= 4 is 28.4 Å². The van der Waals surface area contributed by atoms with Crippen molar-refractivity contribution in [2.24, 2.45) is 0 Å². The summed E-state index contributed by atoms with van der Waals surface area (Å²) in [7, 11) is 0. The molecular weight excluding hydrogens is 387 g/mol. The lowest BCUT2D eigenvalue weighted by Crippen LogP contribution is -2.11. The van der Waals surface area contributed by atoms with E-state index in [0.717, 1.165) is 9.64 Å². The Morgan fingerprint density at radius 1 is 0.950 bits per heavy atom. The predicted molar refractivity (Wildman–Crippen MR) is 74.0 cm³/mol. The van der Waals surface area contributed by atoms with Crippen LogP contribution in [0.25, 0.3) is 0 Å². The zero-order chi connectivity index (χ0) is 14.9. The van der Waals surface area contributed by atoms with Crippen molar-refractivity contribution in [3.63, 3.8) is 0 Å². The molecule has 0 unspecified atom stereocenters. The summed E-state index contributed by atoms with van der Waals surface area (Å²) in [5, 5.41) is 0. The highest BCUT2D eigenvalue weighted by Crippen LogP contribution is 2.32. The normalized spacial score (nSPS) is 11.4. The van der Waals surface area contributed by atoms with Crippen LogP contribution in [-0.2, 0) is 6.18 Å². The molecule has 0 N–H and O–H groups in total. The van der Waals surface area contributed by atoms with E-state index >= 15 is 0 Å². The molecule has 0 saturated heterocycles. The fraction of sp³-hybridized carbons (Fsp3) is 0.0714. The van der Waals surface area contributed by atoms with E-state index in [0.29, 0.717) is 12.1 Å². The highest BCUT2D eigenvalue weighted by atomic mass is 127. The number of benzene rings is 2. The number of hydrogen-bond donors (Lipinski definition) is 0. The van der Waals surface area contributed by atoms with Gasteiger partial charge in [-0.2, -0.15) is 13.2 Å². The zero-order valence-electron chi connectivity index (χ0n) is 9.84. The van der Waals surface area contributed by atoms with Gasteiger partial charge in [0, 0.05) is 14.7 Å². The van der Waals surface area contributed by atoms with Gasteiger partial charge in [0.25, 0.3) is 0 Å². The molecule has 0 aliphatic rings. The molecule has 2 rings (SSSR count). The van der Waals surface area contributed by atoms with E-state index in [1.807, 2.05) is 22.6 Å². The summed E-state index contributed by atoms with van der Waals surface area (Å²) >= 11 is 2.05. The van der Waals surface area contributed by atoms with Gasteiger partial charge in [-0.15, -0.1) is 0 Å². The largest absolute Gasteiger partial charge is 0.419 e. The molecule has 0 atom stereocenters. The second kappa shape index (κ2) is 5.51. The highest BCUT2D eigenvalue weighted by Gasteiger charge is 2.34. The Morgan fingerprint density at radius 2 is 1.50 bits per heavy atom. The summed E-state index contributed by atoms with van der Waals surface area (Å²) in [6.07, 6.45) is -4.83. The second-order valence-corrected chi connectivity index (χ2v) is 5.27. The first-order chi connectivity index (χ1) is 9.29. The Labute approximate surface area is 125 Å². The van der Waals surface area contributed by atoms with Crippen LogP contribution in [0.1, 0.15) is 21.5 Å². The van der Waals surface area contributed by atoms with Crippen molar-refractivity contribution in [1.82, 2.24) is 0 Å². The Bertz CT molecular complexity index is 647. The molecule has 20 heavy (non-hydrogen) atoms. The van der Waals surface area contributed by atoms with Crippen LogP contribution >= 0.6 is 22.6 Å². The molecule has 2 aromatic carbocycles. The van der Waals surface area contributed by atoms with E-state index < -0.39 is 23.3 Å². The van der Waals surface area contributed by atoms with Crippen LogP contribution in [0.15, 0.2) is 42.5 Å². The Hall–Kier alpha value is -1.44. The van der Waals surface area contributed by atoms with Crippen LogP contribution in [0.2, 0.25) is 0 Å². The molecule has 1 nitrogen and oxygen atoms in total. The van der Waals surface area contributed by atoms with E-state index in [1.165, 1.54) is 12.1 Å². The summed E-state index contributed by atoms with van der Waals surface area (Å²) in [6.45, 7) is 0. The van der Waals surface area contributed by atoms with Crippen LogP contribution in [0.5, 0.6) is 0 Å². The number of carbonyl (C=O) groups is 1. The first-order valence-corrected chi connectivity index (χ1v) is 6.54. The number of carbonyl (C=O) groups excluding carboxylic acids is 1. The van der Waals surface area contributed by atoms with Crippen LogP contribution < -0.4 is 0 Å². The zero-order valence-corrected chi connectivity index (χ0v) is 12.0. The topological polar surface area (TPSA) is 17.1 Å². The van der Waals surface area contributed by atoms with Gasteiger partial charge in [0.1, 0.15) is 5.82 Å². The minimum absolute atomic E-state index is 0.195. The standard InChI is InChI=1S/C14H7F4IO/c15-12-6-3-9(7-11(12)14(16,17)18)13(20)8-1-4-10(19)5-2-8/h1-7H. The van der Waals surface area contributed by atoms with Crippen LogP contribution in [0.4, 0.5) is 17.6 Å². The lowest BCUT2D eigenvalue weighted by Gasteiger charge is -2.09. The van der Waals surface area contributed by atoms with Crippen molar-refractivity contribution in [2.75, 3.05) is 0 Å². The van der Waals surface area contributed by atoms with Crippen molar-refractivity contribution in [3.05, 3.63) is 68.5 Å². The molecule has 0 saturated carbocycles. The number of ketones is 1. The molecule has 0 aliphatic carbocycles. The van der Waals surface area contributed by atoms with E-state index in [4.69, 9.17) is 0 Å². The van der Waals surface area contributed by atoms with Gasteiger partial charge in [0.2, 0.25) is 0 Å². The molecule has 6 heteroatoms. The van der Waals surface area contributed by atoms with Crippen LogP contribution in [-0.4, -0.2) is 5.78 Å². The molecule has 0 amide bonds. The average molecular weight is 394 g/mol. The first-order valence-electron chi connectivity index (χ1n) is 5.46. The number of alkyl halides is 3. The lowest BCUT2D eigenvalue weighted by atomic mass is 10.0. The summed E-state index contributed by atoms with van der Waals surface area (Å²) < 4.78 is 51.8. The number of hydrogen-bond acceptors (Lipinski definition) is 1.